The van der Waals surface area contributed by atoms with E-state index in [4.69, 9.17) is 5.73 Å². The van der Waals surface area contributed by atoms with Gasteiger partial charge in [0.25, 0.3) is 0 Å². The van der Waals surface area contributed by atoms with E-state index in [-0.39, 0.29) is 0 Å². The molecule has 5 nitrogen and oxygen atoms in total. The minimum atomic E-state index is -0.616. The maximum absolute atomic E-state index is 11.1. The largest absolute Gasteiger partial charge is 0.468 e. The molecule has 0 bridgehead atoms. The molecule has 14 heavy (non-hydrogen) atoms. The van der Waals surface area contributed by atoms with E-state index in [2.05, 4.69) is 14.9 Å². The SMILES string of the molecule is COC(=O)[C@@H](N)Cc1c(C)n[nH]c1C. The van der Waals surface area contributed by atoms with Crippen LogP contribution in [0.15, 0.2) is 0 Å². The van der Waals surface area contributed by atoms with Gasteiger partial charge < -0.3 is 10.5 Å². The number of hydrogen-bond acceptors (Lipinski definition) is 4. The molecule has 0 amide bonds. The molecular formula is C9H15N3O2. The molecule has 0 aliphatic rings. The summed E-state index contributed by atoms with van der Waals surface area (Å²) in [6.45, 7) is 3.78. The van der Waals surface area contributed by atoms with Crippen LogP contribution in [-0.2, 0) is 16.0 Å². The molecule has 0 spiro atoms. The number of carbonyl (C=O) groups is 1. The van der Waals surface area contributed by atoms with Crippen LogP contribution in [0.2, 0.25) is 0 Å². The van der Waals surface area contributed by atoms with E-state index in [1.165, 1.54) is 7.11 Å². The molecule has 0 fully saturated rings. The predicted molar refractivity (Wildman–Crippen MR) is 51.8 cm³/mol. The number of rotatable bonds is 3. The molecule has 0 aliphatic heterocycles. The van der Waals surface area contributed by atoms with Gasteiger partial charge in [-0.25, -0.2) is 0 Å². The Morgan fingerprint density at radius 2 is 2.29 bits per heavy atom. The topological polar surface area (TPSA) is 81.0 Å². The lowest BCUT2D eigenvalue weighted by Gasteiger charge is -2.08. The highest BCUT2D eigenvalue weighted by molar-refractivity contribution is 5.75. The van der Waals surface area contributed by atoms with Gasteiger partial charge in [0.2, 0.25) is 0 Å². The molecule has 0 saturated carbocycles. The first-order valence-electron chi connectivity index (χ1n) is 4.40. The number of aromatic amines is 1. The molecule has 1 aromatic heterocycles. The van der Waals surface area contributed by atoms with E-state index in [9.17, 15) is 4.79 Å². The fourth-order valence-corrected chi connectivity index (χ4v) is 1.33. The van der Waals surface area contributed by atoms with Gasteiger partial charge in [-0.1, -0.05) is 0 Å². The summed E-state index contributed by atoms with van der Waals surface area (Å²) in [5.74, 6) is -0.398. The molecule has 0 radical (unpaired) electrons. The average molecular weight is 197 g/mol. The second-order valence-corrected chi connectivity index (χ2v) is 3.25. The smallest absolute Gasteiger partial charge is 0.322 e. The molecule has 0 unspecified atom stereocenters. The summed E-state index contributed by atoms with van der Waals surface area (Å²) in [4.78, 5) is 11.1. The number of hydrogen-bond donors (Lipinski definition) is 2. The minimum Gasteiger partial charge on any atom is -0.468 e. The number of esters is 1. The first-order chi connectivity index (χ1) is 6.56. The Morgan fingerprint density at radius 1 is 1.64 bits per heavy atom. The Morgan fingerprint density at radius 3 is 2.71 bits per heavy atom. The number of nitrogens with one attached hydrogen (secondary N) is 1. The van der Waals surface area contributed by atoms with Crippen LogP contribution < -0.4 is 5.73 Å². The highest BCUT2D eigenvalue weighted by atomic mass is 16.5. The molecule has 0 aromatic carbocycles. The van der Waals surface area contributed by atoms with Crippen molar-refractivity contribution >= 4 is 5.97 Å². The van der Waals surface area contributed by atoms with Gasteiger partial charge in [-0.3, -0.25) is 9.89 Å². The number of nitrogens with two attached hydrogens (primary N) is 1. The summed E-state index contributed by atoms with van der Waals surface area (Å²) in [6.07, 6.45) is 0.459. The van der Waals surface area contributed by atoms with Crippen molar-refractivity contribution in [2.45, 2.75) is 26.3 Å². The number of methoxy groups -OCH3 is 1. The zero-order valence-electron chi connectivity index (χ0n) is 8.63. The van der Waals surface area contributed by atoms with E-state index in [0.29, 0.717) is 6.42 Å². The standard InChI is InChI=1S/C9H15N3O2/c1-5-7(6(2)12-11-5)4-8(10)9(13)14-3/h8H,4,10H2,1-3H3,(H,11,12)/t8-/m0/s1. The predicted octanol–water partition coefficient (Wildman–Crippen LogP) is 0.0693. The molecule has 0 aliphatic carbocycles. The summed E-state index contributed by atoms with van der Waals surface area (Å²) in [5.41, 5.74) is 8.45. The third-order valence-electron chi connectivity index (χ3n) is 2.21. The summed E-state index contributed by atoms with van der Waals surface area (Å²) in [6, 6.07) is -0.616. The van der Waals surface area contributed by atoms with E-state index < -0.39 is 12.0 Å². The Labute approximate surface area is 82.6 Å². The first-order valence-corrected chi connectivity index (χ1v) is 4.40. The number of carbonyl (C=O) groups excluding carboxylic acids is 1. The number of H-pyrrole nitrogens is 1. The van der Waals surface area contributed by atoms with Crippen molar-refractivity contribution < 1.29 is 9.53 Å². The van der Waals surface area contributed by atoms with Crippen molar-refractivity contribution in [1.82, 2.24) is 10.2 Å². The Bertz CT molecular complexity index is 313. The van der Waals surface area contributed by atoms with Crippen LogP contribution in [0, 0.1) is 13.8 Å². The zero-order valence-corrected chi connectivity index (χ0v) is 8.63. The highest BCUT2D eigenvalue weighted by Gasteiger charge is 2.17. The van der Waals surface area contributed by atoms with Gasteiger partial charge in [-0.15, -0.1) is 0 Å². The van der Waals surface area contributed by atoms with E-state index in [1.54, 1.807) is 0 Å². The summed E-state index contributed by atoms with van der Waals surface area (Å²) in [7, 11) is 1.33. The van der Waals surface area contributed by atoms with Gasteiger partial charge in [-0.05, 0) is 19.4 Å². The maximum atomic E-state index is 11.1. The van der Waals surface area contributed by atoms with Crippen molar-refractivity contribution in [2.75, 3.05) is 7.11 Å². The van der Waals surface area contributed by atoms with Crippen molar-refractivity contribution in [1.29, 1.82) is 0 Å². The summed E-state index contributed by atoms with van der Waals surface area (Å²) in [5, 5.41) is 6.86. The van der Waals surface area contributed by atoms with Crippen LogP contribution in [0.3, 0.4) is 0 Å². The third-order valence-corrected chi connectivity index (χ3v) is 2.21. The second-order valence-electron chi connectivity index (χ2n) is 3.25. The number of aryl methyl sites for hydroxylation is 2. The van der Waals surface area contributed by atoms with Gasteiger partial charge in [0.05, 0.1) is 12.8 Å². The quantitative estimate of drug-likeness (QED) is 0.672. The van der Waals surface area contributed by atoms with Crippen molar-refractivity contribution in [3.8, 4) is 0 Å². The van der Waals surface area contributed by atoms with Gasteiger partial charge in [0.15, 0.2) is 0 Å². The minimum absolute atomic E-state index is 0.398. The van der Waals surface area contributed by atoms with Gasteiger partial charge >= 0.3 is 5.97 Å². The van der Waals surface area contributed by atoms with Crippen LogP contribution in [-0.4, -0.2) is 29.3 Å². The Kier molecular flexibility index (Phi) is 3.24. The monoisotopic (exact) mass is 197 g/mol. The molecule has 78 valence electrons. The number of nitrogens with zero attached hydrogens (tertiary/aromatic N) is 1. The Hall–Kier alpha value is -1.36. The fourth-order valence-electron chi connectivity index (χ4n) is 1.33. The fraction of sp³-hybridized carbons (Fsp3) is 0.556. The maximum Gasteiger partial charge on any atom is 0.322 e. The lowest BCUT2D eigenvalue weighted by Crippen LogP contribution is -2.33. The lowest BCUT2D eigenvalue weighted by atomic mass is 10.1. The first kappa shape index (κ1) is 10.7. The number of aromatic nitrogens is 2. The average Bonchev–Trinajstić information content (AvgIpc) is 2.48. The van der Waals surface area contributed by atoms with Gasteiger partial charge in [-0.2, -0.15) is 5.10 Å². The Balaban J connectivity index is 2.73. The molecule has 0 saturated heterocycles. The van der Waals surface area contributed by atoms with E-state index in [1.807, 2.05) is 13.8 Å². The lowest BCUT2D eigenvalue weighted by molar-refractivity contribution is -0.142. The zero-order chi connectivity index (χ0) is 10.7. The van der Waals surface area contributed by atoms with Crippen molar-refractivity contribution in [3.63, 3.8) is 0 Å². The molecule has 1 atom stereocenters. The molecule has 3 N–H and O–H groups in total. The van der Waals surface area contributed by atoms with Crippen LogP contribution >= 0.6 is 0 Å². The normalized spacial score (nSPS) is 12.6. The second kappa shape index (κ2) is 4.23. The molecule has 5 heteroatoms. The third kappa shape index (κ3) is 2.11. The van der Waals surface area contributed by atoms with Crippen molar-refractivity contribution in [3.05, 3.63) is 17.0 Å². The summed E-state index contributed by atoms with van der Waals surface area (Å²) >= 11 is 0. The van der Waals surface area contributed by atoms with E-state index in [0.717, 1.165) is 17.0 Å². The van der Waals surface area contributed by atoms with Crippen LogP contribution in [0.25, 0.3) is 0 Å². The molecular weight excluding hydrogens is 182 g/mol. The molecule has 1 heterocycles. The van der Waals surface area contributed by atoms with Gasteiger partial charge in [0.1, 0.15) is 6.04 Å². The molecule has 1 aromatic rings. The summed E-state index contributed by atoms with van der Waals surface area (Å²) < 4.78 is 4.55. The van der Waals surface area contributed by atoms with Gasteiger partial charge in [0, 0.05) is 12.1 Å². The van der Waals surface area contributed by atoms with Crippen LogP contribution in [0.4, 0.5) is 0 Å². The van der Waals surface area contributed by atoms with Crippen LogP contribution in [0.5, 0.6) is 0 Å². The highest BCUT2D eigenvalue weighted by Crippen LogP contribution is 2.11. The van der Waals surface area contributed by atoms with Crippen molar-refractivity contribution in [2.24, 2.45) is 5.73 Å². The van der Waals surface area contributed by atoms with Crippen LogP contribution in [0.1, 0.15) is 17.0 Å². The van der Waals surface area contributed by atoms with E-state index >= 15 is 0 Å². The number of ether oxygens (including phenoxy) is 1. The molecule has 1 rings (SSSR count).